The van der Waals surface area contributed by atoms with Crippen molar-refractivity contribution in [1.29, 1.82) is 0 Å². The van der Waals surface area contributed by atoms with Gasteiger partial charge >= 0.3 is 6.03 Å². The highest BCUT2D eigenvalue weighted by molar-refractivity contribution is 5.74. The summed E-state index contributed by atoms with van der Waals surface area (Å²) in [5.74, 6) is 0. The second-order valence-corrected chi connectivity index (χ2v) is 8.13. The van der Waals surface area contributed by atoms with Crippen LogP contribution in [0, 0.1) is 0 Å². The fourth-order valence-electron chi connectivity index (χ4n) is 3.53. The molecule has 1 N–H and O–H groups in total. The molecule has 3 rings (SSSR count). The zero-order valence-electron chi connectivity index (χ0n) is 16.7. The molecule has 0 radical (unpaired) electrons. The smallest absolute Gasteiger partial charge is 0.317 e. The van der Waals surface area contributed by atoms with Gasteiger partial charge in [-0.2, -0.15) is 5.10 Å². The standard InChI is InChI=1S/C21H31N5O/c1-21(2,3)25-12-7-11-24(14-15-25)20(27)22-16-18-8-4-5-9-19(18)17-26-13-6-10-23-26/h4-6,8-10,13H,7,11-12,14-17H2,1-3H3,(H,22,27). The molecule has 0 aliphatic carbocycles. The van der Waals surface area contributed by atoms with Crippen molar-refractivity contribution in [3.8, 4) is 0 Å². The molecule has 0 spiro atoms. The molecule has 1 fully saturated rings. The quantitative estimate of drug-likeness (QED) is 0.901. The maximum atomic E-state index is 12.7. The molecule has 1 saturated heterocycles. The van der Waals surface area contributed by atoms with Gasteiger partial charge in [-0.15, -0.1) is 0 Å². The molecule has 1 aromatic carbocycles. The Morgan fingerprint density at radius 1 is 1.07 bits per heavy atom. The van der Waals surface area contributed by atoms with Crippen molar-refractivity contribution in [3.05, 3.63) is 53.9 Å². The maximum Gasteiger partial charge on any atom is 0.317 e. The molecule has 2 aromatic rings. The maximum absolute atomic E-state index is 12.7. The fraction of sp³-hybridized carbons (Fsp3) is 0.524. The molecular formula is C21H31N5O. The van der Waals surface area contributed by atoms with E-state index in [1.807, 2.05) is 34.0 Å². The summed E-state index contributed by atoms with van der Waals surface area (Å²) in [4.78, 5) is 17.1. The van der Waals surface area contributed by atoms with E-state index in [1.54, 1.807) is 6.20 Å². The van der Waals surface area contributed by atoms with Crippen LogP contribution in [-0.2, 0) is 13.1 Å². The summed E-state index contributed by atoms with van der Waals surface area (Å²) in [6.45, 7) is 11.5. The van der Waals surface area contributed by atoms with Crippen LogP contribution in [0.3, 0.4) is 0 Å². The number of rotatable bonds is 4. The van der Waals surface area contributed by atoms with E-state index in [2.05, 4.69) is 48.2 Å². The average molecular weight is 370 g/mol. The molecule has 0 bridgehead atoms. The lowest BCUT2D eigenvalue weighted by atomic mass is 10.1. The molecule has 27 heavy (non-hydrogen) atoms. The molecule has 1 aliphatic heterocycles. The summed E-state index contributed by atoms with van der Waals surface area (Å²) in [7, 11) is 0. The van der Waals surface area contributed by atoms with E-state index >= 15 is 0 Å². The van der Waals surface area contributed by atoms with Gasteiger partial charge in [-0.3, -0.25) is 9.58 Å². The van der Waals surface area contributed by atoms with Crippen LogP contribution in [-0.4, -0.2) is 57.3 Å². The molecule has 2 amide bonds. The first kappa shape index (κ1) is 19.4. The largest absolute Gasteiger partial charge is 0.334 e. The number of hydrogen-bond acceptors (Lipinski definition) is 3. The SMILES string of the molecule is CC(C)(C)N1CCCN(C(=O)NCc2ccccc2Cn2cccn2)CC1. The molecule has 1 aliphatic rings. The van der Waals surface area contributed by atoms with Crippen LogP contribution in [0.2, 0.25) is 0 Å². The minimum atomic E-state index is 0.0275. The van der Waals surface area contributed by atoms with Crippen LogP contribution in [0.4, 0.5) is 4.79 Å². The summed E-state index contributed by atoms with van der Waals surface area (Å²) in [6, 6.07) is 10.2. The molecule has 1 aromatic heterocycles. The lowest BCUT2D eigenvalue weighted by Crippen LogP contribution is -2.45. The summed E-state index contributed by atoms with van der Waals surface area (Å²) in [5.41, 5.74) is 2.46. The van der Waals surface area contributed by atoms with Crippen molar-refractivity contribution in [1.82, 2.24) is 24.9 Å². The third-order valence-electron chi connectivity index (χ3n) is 5.17. The number of nitrogens with zero attached hydrogens (tertiary/aromatic N) is 4. The highest BCUT2D eigenvalue weighted by atomic mass is 16.2. The lowest BCUT2D eigenvalue weighted by molar-refractivity contribution is 0.141. The van der Waals surface area contributed by atoms with Gasteiger partial charge in [0.25, 0.3) is 0 Å². The van der Waals surface area contributed by atoms with Crippen LogP contribution < -0.4 is 5.32 Å². The van der Waals surface area contributed by atoms with Crippen LogP contribution in [0.5, 0.6) is 0 Å². The van der Waals surface area contributed by atoms with E-state index in [1.165, 1.54) is 5.56 Å². The van der Waals surface area contributed by atoms with E-state index in [9.17, 15) is 4.79 Å². The van der Waals surface area contributed by atoms with Crippen LogP contribution in [0.1, 0.15) is 38.3 Å². The Bertz CT molecular complexity index is 735. The number of benzene rings is 1. The second kappa shape index (κ2) is 8.57. The molecule has 0 saturated carbocycles. The molecule has 6 heteroatoms. The molecule has 0 atom stereocenters. The van der Waals surface area contributed by atoms with Crippen LogP contribution in [0.25, 0.3) is 0 Å². The molecule has 146 valence electrons. The minimum absolute atomic E-state index is 0.0275. The van der Waals surface area contributed by atoms with E-state index in [0.29, 0.717) is 13.1 Å². The van der Waals surface area contributed by atoms with Gasteiger partial charge in [0.15, 0.2) is 0 Å². The van der Waals surface area contributed by atoms with Gasteiger partial charge in [0.2, 0.25) is 0 Å². The lowest BCUT2D eigenvalue weighted by Gasteiger charge is -2.34. The van der Waals surface area contributed by atoms with Crippen LogP contribution >= 0.6 is 0 Å². The first-order valence-electron chi connectivity index (χ1n) is 9.75. The van der Waals surface area contributed by atoms with Crippen molar-refractivity contribution in [2.75, 3.05) is 26.2 Å². The van der Waals surface area contributed by atoms with Crippen LogP contribution in [0.15, 0.2) is 42.7 Å². The zero-order chi connectivity index (χ0) is 19.3. The zero-order valence-corrected chi connectivity index (χ0v) is 16.7. The molecular weight excluding hydrogens is 338 g/mol. The fourth-order valence-corrected chi connectivity index (χ4v) is 3.53. The number of carbonyl (C=O) groups is 1. The highest BCUT2D eigenvalue weighted by Crippen LogP contribution is 2.16. The Balaban J connectivity index is 1.56. The van der Waals surface area contributed by atoms with Crippen molar-refractivity contribution < 1.29 is 4.79 Å². The van der Waals surface area contributed by atoms with E-state index in [-0.39, 0.29) is 11.6 Å². The van der Waals surface area contributed by atoms with E-state index < -0.39 is 0 Å². The Hall–Kier alpha value is -2.34. The number of hydrogen-bond donors (Lipinski definition) is 1. The van der Waals surface area contributed by atoms with Crippen molar-refractivity contribution in [3.63, 3.8) is 0 Å². The molecule has 0 unspecified atom stereocenters. The summed E-state index contributed by atoms with van der Waals surface area (Å²) < 4.78 is 1.90. The average Bonchev–Trinajstić information content (AvgIpc) is 3.00. The topological polar surface area (TPSA) is 53.4 Å². The number of nitrogens with one attached hydrogen (secondary N) is 1. The predicted octanol–water partition coefficient (Wildman–Crippen LogP) is 2.95. The van der Waals surface area contributed by atoms with Gasteiger partial charge in [-0.05, 0) is 44.4 Å². The minimum Gasteiger partial charge on any atom is -0.334 e. The van der Waals surface area contributed by atoms with Gasteiger partial charge in [-0.1, -0.05) is 24.3 Å². The monoisotopic (exact) mass is 369 g/mol. The second-order valence-electron chi connectivity index (χ2n) is 8.13. The Morgan fingerprint density at radius 2 is 1.85 bits per heavy atom. The number of carbonyl (C=O) groups excluding carboxylic acids is 1. The van der Waals surface area contributed by atoms with E-state index in [4.69, 9.17) is 0 Å². The Labute approximate surface area is 162 Å². The molecule has 2 heterocycles. The first-order chi connectivity index (χ1) is 12.9. The predicted molar refractivity (Wildman–Crippen MR) is 108 cm³/mol. The van der Waals surface area contributed by atoms with Gasteiger partial charge in [-0.25, -0.2) is 4.79 Å². The normalized spacial score (nSPS) is 16.2. The summed E-state index contributed by atoms with van der Waals surface area (Å²) in [5, 5.41) is 7.38. The molecule has 6 nitrogen and oxygen atoms in total. The van der Waals surface area contributed by atoms with Gasteiger partial charge < -0.3 is 10.2 Å². The van der Waals surface area contributed by atoms with E-state index in [0.717, 1.165) is 38.2 Å². The third kappa shape index (κ3) is 5.32. The first-order valence-corrected chi connectivity index (χ1v) is 9.75. The number of urea groups is 1. The highest BCUT2D eigenvalue weighted by Gasteiger charge is 2.25. The number of aromatic nitrogens is 2. The van der Waals surface area contributed by atoms with Gasteiger partial charge in [0.1, 0.15) is 0 Å². The van der Waals surface area contributed by atoms with Gasteiger partial charge in [0.05, 0.1) is 6.54 Å². The van der Waals surface area contributed by atoms with Gasteiger partial charge in [0, 0.05) is 50.7 Å². The Morgan fingerprint density at radius 3 is 2.56 bits per heavy atom. The Kier molecular flexibility index (Phi) is 6.16. The third-order valence-corrected chi connectivity index (χ3v) is 5.17. The summed E-state index contributed by atoms with van der Waals surface area (Å²) >= 11 is 0. The summed E-state index contributed by atoms with van der Waals surface area (Å²) in [6.07, 6.45) is 4.75. The van der Waals surface area contributed by atoms with Crippen molar-refractivity contribution in [2.45, 2.75) is 45.8 Å². The van der Waals surface area contributed by atoms with Crippen molar-refractivity contribution in [2.24, 2.45) is 0 Å². The van der Waals surface area contributed by atoms with Crippen molar-refractivity contribution >= 4 is 6.03 Å². The number of amides is 2.